The fraction of sp³-hybridized carbons (Fsp3) is 0.105. The minimum absolute atomic E-state index is 0.126. The second-order valence-electron chi connectivity index (χ2n) is 5.11. The molecule has 0 aliphatic carbocycles. The molecule has 0 bridgehead atoms. The van der Waals surface area contributed by atoms with Crippen LogP contribution in [-0.4, -0.2) is 19.6 Å². The molecule has 8 heteroatoms. The van der Waals surface area contributed by atoms with Gasteiger partial charge in [0.2, 0.25) is 0 Å². The number of carbonyl (C=O) groups is 1. The topological polar surface area (TPSA) is 95.1 Å². The maximum absolute atomic E-state index is 12.4. The summed E-state index contributed by atoms with van der Waals surface area (Å²) in [6, 6.07) is 13.1. The van der Waals surface area contributed by atoms with Crippen molar-refractivity contribution in [1.82, 2.24) is 0 Å². The SMILES string of the molecule is COc1cc(C=C(C#N)C(=O)Nc2ccc(Cl)cc2Cl)ccc1OCC#N. The fourth-order valence-electron chi connectivity index (χ4n) is 2.10. The third-order valence-corrected chi connectivity index (χ3v) is 3.88. The first-order valence-corrected chi connectivity index (χ1v) is 8.30. The second-order valence-corrected chi connectivity index (χ2v) is 5.95. The number of nitrogens with one attached hydrogen (secondary N) is 1. The summed E-state index contributed by atoms with van der Waals surface area (Å²) in [6.45, 7) is -0.126. The molecule has 6 nitrogen and oxygen atoms in total. The number of halogens is 2. The number of anilines is 1. The molecule has 0 aliphatic rings. The average Bonchev–Trinajstić information content (AvgIpc) is 2.66. The van der Waals surface area contributed by atoms with Gasteiger partial charge in [0, 0.05) is 5.02 Å². The molecular formula is C19H13Cl2N3O3. The molecule has 0 heterocycles. The summed E-state index contributed by atoms with van der Waals surface area (Å²) in [4.78, 5) is 12.4. The van der Waals surface area contributed by atoms with Gasteiger partial charge in [-0.15, -0.1) is 0 Å². The van der Waals surface area contributed by atoms with E-state index in [0.717, 1.165) is 0 Å². The summed E-state index contributed by atoms with van der Waals surface area (Å²) in [5.74, 6) is 0.134. The molecule has 0 aromatic heterocycles. The molecule has 0 saturated heterocycles. The quantitative estimate of drug-likeness (QED) is 0.569. The maximum atomic E-state index is 12.4. The summed E-state index contributed by atoms with van der Waals surface area (Å²) < 4.78 is 10.4. The molecular weight excluding hydrogens is 389 g/mol. The number of carbonyl (C=O) groups excluding carboxylic acids is 1. The lowest BCUT2D eigenvalue weighted by Gasteiger charge is -2.09. The van der Waals surface area contributed by atoms with Crippen LogP contribution in [0.25, 0.3) is 6.08 Å². The van der Waals surface area contributed by atoms with Crippen LogP contribution < -0.4 is 14.8 Å². The van der Waals surface area contributed by atoms with Crippen LogP contribution in [0.2, 0.25) is 10.0 Å². The second kappa shape index (κ2) is 9.49. The van der Waals surface area contributed by atoms with Crippen molar-refractivity contribution in [2.45, 2.75) is 0 Å². The van der Waals surface area contributed by atoms with Crippen molar-refractivity contribution in [3.05, 3.63) is 57.6 Å². The minimum Gasteiger partial charge on any atom is -0.493 e. The lowest BCUT2D eigenvalue weighted by atomic mass is 10.1. The summed E-state index contributed by atoms with van der Waals surface area (Å²) >= 11 is 11.8. The zero-order valence-electron chi connectivity index (χ0n) is 14.1. The van der Waals surface area contributed by atoms with Gasteiger partial charge in [0.05, 0.1) is 17.8 Å². The van der Waals surface area contributed by atoms with E-state index in [9.17, 15) is 10.1 Å². The number of nitriles is 2. The van der Waals surface area contributed by atoms with Gasteiger partial charge in [0.1, 0.15) is 17.7 Å². The normalized spacial score (nSPS) is 10.5. The highest BCUT2D eigenvalue weighted by atomic mass is 35.5. The first-order chi connectivity index (χ1) is 13.0. The zero-order chi connectivity index (χ0) is 19.8. The Morgan fingerprint density at radius 3 is 2.59 bits per heavy atom. The highest BCUT2D eigenvalue weighted by molar-refractivity contribution is 6.36. The van der Waals surface area contributed by atoms with E-state index in [1.165, 1.54) is 19.3 Å². The van der Waals surface area contributed by atoms with Crippen LogP contribution in [0.1, 0.15) is 5.56 Å². The van der Waals surface area contributed by atoms with Gasteiger partial charge >= 0.3 is 0 Å². The van der Waals surface area contributed by atoms with Crippen LogP contribution in [0, 0.1) is 22.7 Å². The molecule has 0 aliphatic heterocycles. The lowest BCUT2D eigenvalue weighted by Crippen LogP contribution is -2.13. The van der Waals surface area contributed by atoms with Crippen molar-refractivity contribution >= 4 is 40.9 Å². The van der Waals surface area contributed by atoms with Crippen molar-refractivity contribution in [2.24, 2.45) is 0 Å². The molecule has 2 aromatic carbocycles. The molecule has 0 saturated carbocycles. The van der Waals surface area contributed by atoms with Gasteiger partial charge in [0.15, 0.2) is 18.1 Å². The van der Waals surface area contributed by atoms with Crippen molar-refractivity contribution in [2.75, 3.05) is 19.0 Å². The molecule has 0 fully saturated rings. The molecule has 1 amide bonds. The maximum Gasteiger partial charge on any atom is 0.266 e. The van der Waals surface area contributed by atoms with E-state index < -0.39 is 5.91 Å². The Bertz CT molecular complexity index is 975. The third kappa shape index (κ3) is 5.39. The van der Waals surface area contributed by atoms with Crippen molar-refractivity contribution in [1.29, 1.82) is 10.5 Å². The number of rotatable bonds is 6. The van der Waals surface area contributed by atoms with Crippen LogP contribution in [0.4, 0.5) is 5.69 Å². The number of methoxy groups -OCH3 is 1. The Morgan fingerprint density at radius 1 is 1.19 bits per heavy atom. The molecule has 0 spiro atoms. The summed E-state index contributed by atoms with van der Waals surface area (Å²) in [5, 5.41) is 21.2. The summed E-state index contributed by atoms with van der Waals surface area (Å²) in [7, 11) is 1.45. The fourth-order valence-corrected chi connectivity index (χ4v) is 2.55. The monoisotopic (exact) mass is 401 g/mol. The highest BCUT2D eigenvalue weighted by Crippen LogP contribution is 2.29. The zero-order valence-corrected chi connectivity index (χ0v) is 15.6. The summed E-state index contributed by atoms with van der Waals surface area (Å²) in [5.41, 5.74) is 0.754. The largest absolute Gasteiger partial charge is 0.493 e. The van der Waals surface area contributed by atoms with E-state index in [-0.39, 0.29) is 17.2 Å². The van der Waals surface area contributed by atoms with E-state index >= 15 is 0 Å². The van der Waals surface area contributed by atoms with E-state index in [0.29, 0.717) is 27.8 Å². The molecule has 0 unspecified atom stereocenters. The molecule has 2 aromatic rings. The van der Waals surface area contributed by atoms with Gasteiger partial charge < -0.3 is 14.8 Å². The number of nitrogens with zero attached hydrogens (tertiary/aromatic N) is 2. The summed E-state index contributed by atoms with van der Waals surface area (Å²) in [6.07, 6.45) is 1.40. The Kier molecular flexibility index (Phi) is 7.08. The molecule has 0 radical (unpaired) electrons. The Balaban J connectivity index is 2.25. The van der Waals surface area contributed by atoms with Gasteiger partial charge in [-0.05, 0) is 42.0 Å². The molecule has 136 valence electrons. The van der Waals surface area contributed by atoms with Crippen molar-refractivity contribution in [3.63, 3.8) is 0 Å². The van der Waals surface area contributed by atoms with Gasteiger partial charge in [-0.25, -0.2) is 0 Å². The Labute approximate surface area is 166 Å². The smallest absolute Gasteiger partial charge is 0.266 e. The highest BCUT2D eigenvalue weighted by Gasteiger charge is 2.13. The van der Waals surface area contributed by atoms with Crippen LogP contribution >= 0.6 is 23.2 Å². The number of ether oxygens (including phenoxy) is 2. The molecule has 0 atom stereocenters. The van der Waals surface area contributed by atoms with E-state index in [4.69, 9.17) is 37.9 Å². The predicted octanol–water partition coefficient (Wildman–Crippen LogP) is 4.45. The predicted molar refractivity (Wildman–Crippen MR) is 103 cm³/mol. The van der Waals surface area contributed by atoms with Gasteiger partial charge in [-0.1, -0.05) is 29.3 Å². The molecule has 27 heavy (non-hydrogen) atoms. The van der Waals surface area contributed by atoms with Gasteiger partial charge in [0.25, 0.3) is 5.91 Å². The van der Waals surface area contributed by atoms with Gasteiger partial charge in [-0.2, -0.15) is 10.5 Å². The first-order valence-electron chi connectivity index (χ1n) is 7.54. The third-order valence-electron chi connectivity index (χ3n) is 3.34. The van der Waals surface area contributed by atoms with Crippen LogP contribution in [0.5, 0.6) is 11.5 Å². The van der Waals surface area contributed by atoms with Crippen LogP contribution in [-0.2, 0) is 4.79 Å². The van der Waals surface area contributed by atoms with Gasteiger partial charge in [-0.3, -0.25) is 4.79 Å². The first kappa shape index (κ1) is 20.1. The van der Waals surface area contributed by atoms with Crippen LogP contribution in [0.15, 0.2) is 42.0 Å². The number of amides is 1. The number of benzene rings is 2. The van der Waals surface area contributed by atoms with Crippen molar-refractivity contribution < 1.29 is 14.3 Å². The standard InChI is InChI=1S/C19H13Cl2N3O3/c1-26-18-9-12(2-5-17(18)27-7-6-22)8-13(11-23)19(25)24-16-4-3-14(20)10-15(16)21/h2-5,8-10H,7H2,1H3,(H,24,25). The van der Waals surface area contributed by atoms with Crippen molar-refractivity contribution in [3.8, 4) is 23.6 Å². The van der Waals surface area contributed by atoms with E-state index in [2.05, 4.69) is 5.32 Å². The van der Waals surface area contributed by atoms with E-state index in [1.807, 2.05) is 12.1 Å². The van der Waals surface area contributed by atoms with Crippen LogP contribution in [0.3, 0.4) is 0 Å². The molecule has 2 rings (SSSR count). The Morgan fingerprint density at radius 2 is 1.96 bits per heavy atom. The average molecular weight is 402 g/mol. The Hall–Kier alpha value is -3.19. The minimum atomic E-state index is -0.620. The number of hydrogen-bond acceptors (Lipinski definition) is 5. The molecule has 1 N–H and O–H groups in total. The lowest BCUT2D eigenvalue weighted by molar-refractivity contribution is -0.112. The number of hydrogen-bond donors (Lipinski definition) is 1. The van der Waals surface area contributed by atoms with E-state index in [1.54, 1.807) is 30.3 Å².